The molecule has 1 fully saturated rings. The van der Waals surface area contributed by atoms with E-state index in [1.807, 2.05) is 36.7 Å². The Morgan fingerprint density at radius 2 is 1.78 bits per heavy atom. The van der Waals surface area contributed by atoms with Crippen molar-refractivity contribution in [1.29, 1.82) is 0 Å². The topological polar surface area (TPSA) is 97.0 Å². The maximum atomic E-state index is 13.2. The number of halogens is 1. The van der Waals surface area contributed by atoms with Gasteiger partial charge in [0.05, 0.1) is 17.4 Å². The first-order chi connectivity index (χ1) is 17.9. The molecule has 2 amide bonds. The highest BCUT2D eigenvalue weighted by Gasteiger charge is 2.34. The highest BCUT2D eigenvalue weighted by atomic mass is 19.1. The van der Waals surface area contributed by atoms with Gasteiger partial charge in [0, 0.05) is 35.9 Å². The third-order valence-electron chi connectivity index (χ3n) is 7.06. The number of fused-ring (bicyclic) bond motifs is 1. The second-order valence-corrected chi connectivity index (χ2v) is 9.35. The summed E-state index contributed by atoms with van der Waals surface area (Å²) in [6.07, 6.45) is 1.09. The smallest absolute Gasteiger partial charge is 0.414 e. The Hall–Kier alpha value is -4.11. The Morgan fingerprint density at radius 3 is 2.51 bits per heavy atom. The van der Waals surface area contributed by atoms with E-state index in [2.05, 4.69) is 10.2 Å². The molecule has 1 unspecified atom stereocenters. The molecule has 9 heteroatoms. The predicted molar refractivity (Wildman–Crippen MR) is 140 cm³/mol. The van der Waals surface area contributed by atoms with Crippen molar-refractivity contribution in [3.63, 3.8) is 0 Å². The largest absolute Gasteiger partial charge is 0.761 e. The molecule has 8 nitrogen and oxygen atoms in total. The first-order valence-electron chi connectivity index (χ1n) is 12.3. The second kappa shape index (κ2) is 10.5. The summed E-state index contributed by atoms with van der Waals surface area (Å²) in [6.45, 7) is 3.37. The van der Waals surface area contributed by atoms with Crippen LogP contribution in [-0.2, 0) is 11.3 Å². The van der Waals surface area contributed by atoms with Gasteiger partial charge >= 0.3 is 6.09 Å². The first-order valence-corrected chi connectivity index (χ1v) is 12.3. The van der Waals surface area contributed by atoms with Crippen molar-refractivity contribution in [2.45, 2.75) is 38.5 Å². The molecule has 0 bridgehead atoms. The normalized spacial score (nSPS) is 16.6. The summed E-state index contributed by atoms with van der Waals surface area (Å²) in [5, 5.41) is 14.7. The summed E-state index contributed by atoms with van der Waals surface area (Å²) in [4.78, 5) is 29.2. The van der Waals surface area contributed by atoms with Crippen LogP contribution in [0.4, 0.5) is 26.2 Å². The lowest BCUT2D eigenvalue weighted by molar-refractivity contribution is 0.0940. The fourth-order valence-electron chi connectivity index (χ4n) is 5.04. The maximum absolute atomic E-state index is 13.2. The third-order valence-corrected chi connectivity index (χ3v) is 7.06. The molecule has 1 saturated heterocycles. The molecular formula is C28H28FN4O4-. The minimum absolute atomic E-state index is 0.00754. The van der Waals surface area contributed by atoms with Crippen molar-refractivity contribution >= 4 is 29.1 Å². The van der Waals surface area contributed by atoms with Crippen LogP contribution in [0.25, 0.3) is 0 Å². The van der Waals surface area contributed by atoms with Crippen molar-refractivity contribution in [2.24, 2.45) is 0 Å². The van der Waals surface area contributed by atoms with E-state index < -0.39 is 0 Å². The van der Waals surface area contributed by atoms with Gasteiger partial charge in [-0.25, -0.2) is 9.18 Å². The Morgan fingerprint density at radius 1 is 1.05 bits per heavy atom. The molecule has 0 aromatic heterocycles. The van der Waals surface area contributed by atoms with E-state index in [9.17, 15) is 19.2 Å². The highest BCUT2D eigenvalue weighted by Crippen LogP contribution is 2.34. The molecule has 2 heterocycles. The van der Waals surface area contributed by atoms with Gasteiger partial charge in [0.15, 0.2) is 0 Å². The summed E-state index contributed by atoms with van der Waals surface area (Å²) >= 11 is 0. The lowest BCUT2D eigenvalue weighted by atomic mass is 9.99. The molecule has 3 aromatic rings. The van der Waals surface area contributed by atoms with E-state index in [0.29, 0.717) is 42.9 Å². The van der Waals surface area contributed by atoms with Gasteiger partial charge in [-0.2, -0.15) is 0 Å². The number of nitrogens with one attached hydrogen (secondary N) is 2. The van der Waals surface area contributed by atoms with Crippen molar-refractivity contribution in [3.05, 3.63) is 94.4 Å². The van der Waals surface area contributed by atoms with Crippen LogP contribution in [0.3, 0.4) is 0 Å². The van der Waals surface area contributed by atoms with Crippen LogP contribution in [0, 0.1) is 11.0 Å². The molecule has 2 aliphatic rings. The van der Waals surface area contributed by atoms with Gasteiger partial charge in [0.1, 0.15) is 12.4 Å². The predicted octanol–water partition coefficient (Wildman–Crippen LogP) is 5.35. The number of rotatable bonds is 6. The van der Waals surface area contributed by atoms with Gasteiger partial charge < -0.3 is 25.6 Å². The van der Waals surface area contributed by atoms with Crippen LogP contribution < -0.4 is 20.6 Å². The number of carbonyl (C=O) groups is 2. The molecule has 1 atom stereocenters. The number of carbonyl (C=O) groups excluding carboxylic acids is 2. The van der Waals surface area contributed by atoms with E-state index in [-0.39, 0.29) is 36.5 Å². The van der Waals surface area contributed by atoms with E-state index in [1.165, 1.54) is 12.1 Å². The molecule has 37 heavy (non-hydrogen) atoms. The number of anilines is 3. The minimum atomic E-state index is -0.339. The molecule has 0 saturated carbocycles. The fraction of sp³-hybridized carbons (Fsp3) is 0.286. The van der Waals surface area contributed by atoms with Gasteiger partial charge in [0.2, 0.25) is 0 Å². The molecule has 0 spiro atoms. The summed E-state index contributed by atoms with van der Waals surface area (Å²) in [7, 11) is 0. The second-order valence-electron chi connectivity index (χ2n) is 9.35. The molecule has 2 aliphatic heterocycles. The zero-order valence-electron chi connectivity index (χ0n) is 20.4. The zero-order chi connectivity index (χ0) is 25.9. The number of ether oxygens (including phenoxy) is 1. The summed E-state index contributed by atoms with van der Waals surface area (Å²) in [6, 6.07) is 18.4. The van der Waals surface area contributed by atoms with Gasteiger partial charge in [-0.05, 0) is 61.7 Å². The summed E-state index contributed by atoms with van der Waals surface area (Å²) in [5.74, 6) is -0.672. The number of amides is 2. The molecular weight excluding hydrogens is 475 g/mol. The van der Waals surface area contributed by atoms with Crippen molar-refractivity contribution in [2.75, 3.05) is 28.4 Å². The van der Waals surface area contributed by atoms with Crippen LogP contribution in [-0.4, -0.2) is 31.1 Å². The number of hydrogen-bond acceptors (Lipinski definition) is 6. The van der Waals surface area contributed by atoms with Gasteiger partial charge in [0.25, 0.3) is 5.91 Å². The van der Waals surface area contributed by atoms with E-state index >= 15 is 0 Å². The lowest BCUT2D eigenvalue weighted by Gasteiger charge is -2.41. The first kappa shape index (κ1) is 24.6. The molecule has 2 N–H and O–H groups in total. The van der Waals surface area contributed by atoms with Gasteiger partial charge in [-0.15, -0.1) is 0 Å². The average Bonchev–Trinajstić information content (AvgIpc) is 2.93. The number of para-hydroxylation sites is 1. The SMILES string of the molecule is CC(NC(=O)c1ccc(N2CCC(N3C(=O)OCc4ccccc43)CC2)c(N[O-])c1)c1ccc(F)cc1. The number of hydrogen-bond donors (Lipinski definition) is 2. The summed E-state index contributed by atoms with van der Waals surface area (Å²) < 4.78 is 18.6. The van der Waals surface area contributed by atoms with Crippen LogP contribution in [0.5, 0.6) is 0 Å². The standard InChI is InChI=1S/C28H28FN4O4/c1-18(19-6-9-22(29)10-7-19)30-27(34)20-8-11-26(24(16-20)31-36)32-14-12-23(13-15-32)33-25-5-3-2-4-21(25)17-37-28(33)35/h2-11,16,18,23,31H,12-15,17H2,1H3,(H,30,34)/q-1. The average molecular weight is 504 g/mol. The van der Waals surface area contributed by atoms with Crippen molar-refractivity contribution in [1.82, 2.24) is 5.32 Å². The summed E-state index contributed by atoms with van der Waals surface area (Å²) in [5.41, 5.74) is 6.00. The van der Waals surface area contributed by atoms with Crippen LogP contribution in [0.2, 0.25) is 0 Å². The van der Waals surface area contributed by atoms with E-state index in [1.54, 1.807) is 35.2 Å². The van der Waals surface area contributed by atoms with Gasteiger partial charge in [-0.1, -0.05) is 30.3 Å². The molecule has 0 aliphatic carbocycles. The van der Waals surface area contributed by atoms with Crippen LogP contribution in [0.15, 0.2) is 66.7 Å². The lowest BCUT2D eigenvalue weighted by Crippen LogP contribution is -2.49. The highest BCUT2D eigenvalue weighted by molar-refractivity contribution is 5.96. The zero-order valence-corrected chi connectivity index (χ0v) is 20.4. The quantitative estimate of drug-likeness (QED) is 0.440. The Balaban J connectivity index is 1.26. The molecule has 192 valence electrons. The Bertz CT molecular complexity index is 1290. The fourth-order valence-corrected chi connectivity index (χ4v) is 5.04. The van der Waals surface area contributed by atoms with Crippen molar-refractivity contribution in [3.8, 4) is 0 Å². The third kappa shape index (κ3) is 5.08. The maximum Gasteiger partial charge on any atom is 0.414 e. The van der Waals surface area contributed by atoms with Crippen molar-refractivity contribution < 1.29 is 18.7 Å². The number of nitrogens with zero attached hydrogens (tertiary/aromatic N) is 2. The Kier molecular flexibility index (Phi) is 6.96. The Labute approximate surface area is 214 Å². The number of cyclic esters (lactones) is 1. The molecule has 0 radical (unpaired) electrons. The van der Waals surface area contributed by atoms with Crippen LogP contribution in [0.1, 0.15) is 47.3 Å². The molecule has 5 rings (SSSR count). The van der Waals surface area contributed by atoms with Crippen LogP contribution >= 0.6 is 0 Å². The molecule has 3 aromatic carbocycles. The van der Waals surface area contributed by atoms with E-state index in [4.69, 9.17) is 4.74 Å². The number of benzene rings is 3. The minimum Gasteiger partial charge on any atom is -0.761 e. The number of piperidine rings is 1. The van der Waals surface area contributed by atoms with Gasteiger partial charge in [-0.3, -0.25) is 9.69 Å². The van der Waals surface area contributed by atoms with E-state index in [0.717, 1.165) is 16.8 Å². The monoisotopic (exact) mass is 503 g/mol.